The van der Waals surface area contributed by atoms with Crippen LogP contribution in [0.15, 0.2) is 53.4 Å². The fourth-order valence-electron chi connectivity index (χ4n) is 2.34. The van der Waals surface area contributed by atoms with Crippen molar-refractivity contribution in [2.45, 2.75) is 6.92 Å². The molecule has 1 heterocycles. The van der Waals surface area contributed by atoms with Crippen molar-refractivity contribution in [1.82, 2.24) is 0 Å². The van der Waals surface area contributed by atoms with E-state index in [-0.39, 0.29) is 11.7 Å². The molecule has 0 radical (unpaired) electrons. The Balaban J connectivity index is 1.94. The number of phenolic OH excluding ortho intramolecular Hbond substituents is 1. The first-order chi connectivity index (χ1) is 11.6. The van der Waals surface area contributed by atoms with E-state index < -0.39 is 0 Å². The van der Waals surface area contributed by atoms with Gasteiger partial charge in [-0.1, -0.05) is 54.3 Å². The summed E-state index contributed by atoms with van der Waals surface area (Å²) in [5.74, 6) is 0.214. The normalized spacial score (nSPS) is 16.0. The van der Waals surface area contributed by atoms with Crippen LogP contribution in [0.4, 0.5) is 5.69 Å². The summed E-state index contributed by atoms with van der Waals surface area (Å²) < 4.78 is 5.84. The van der Waals surface area contributed by atoms with Gasteiger partial charge in [-0.15, -0.1) is 0 Å². The first-order valence-corrected chi connectivity index (χ1v) is 8.62. The van der Waals surface area contributed by atoms with Crippen molar-refractivity contribution in [2.75, 3.05) is 11.5 Å². The number of amides is 1. The van der Waals surface area contributed by atoms with Crippen LogP contribution >= 0.6 is 24.0 Å². The molecule has 24 heavy (non-hydrogen) atoms. The third kappa shape index (κ3) is 3.16. The number of aromatic hydroxyl groups is 1. The average molecular weight is 357 g/mol. The molecular formula is C18H15NO3S2. The fraction of sp³-hybridized carbons (Fsp3) is 0.111. The van der Waals surface area contributed by atoms with Crippen molar-refractivity contribution in [2.24, 2.45) is 0 Å². The molecule has 3 rings (SSSR count). The SMILES string of the molecule is CCOc1cccc(C=C2SC(=S)N(c3ccccc3)C2=O)c1O. The minimum atomic E-state index is -0.197. The maximum atomic E-state index is 12.7. The Kier molecular flexibility index (Phi) is 4.87. The fourth-order valence-corrected chi connectivity index (χ4v) is 3.63. The topological polar surface area (TPSA) is 49.8 Å². The van der Waals surface area contributed by atoms with E-state index in [2.05, 4.69) is 0 Å². The second-order valence-electron chi connectivity index (χ2n) is 4.98. The predicted molar refractivity (Wildman–Crippen MR) is 101 cm³/mol. The summed E-state index contributed by atoms with van der Waals surface area (Å²) in [7, 11) is 0. The first-order valence-electron chi connectivity index (χ1n) is 7.39. The summed E-state index contributed by atoms with van der Waals surface area (Å²) >= 11 is 6.55. The molecule has 4 nitrogen and oxygen atoms in total. The van der Waals surface area contributed by atoms with Crippen LogP contribution in [0, 0.1) is 0 Å². The smallest absolute Gasteiger partial charge is 0.270 e. The van der Waals surface area contributed by atoms with E-state index in [4.69, 9.17) is 17.0 Å². The highest BCUT2D eigenvalue weighted by Gasteiger charge is 2.33. The number of carbonyl (C=O) groups excluding carboxylic acids is 1. The number of rotatable bonds is 4. The van der Waals surface area contributed by atoms with Crippen LogP contribution in [0.1, 0.15) is 12.5 Å². The average Bonchev–Trinajstić information content (AvgIpc) is 2.86. The summed E-state index contributed by atoms with van der Waals surface area (Å²) in [6, 6.07) is 14.5. The third-order valence-corrected chi connectivity index (χ3v) is 4.73. The van der Waals surface area contributed by atoms with Gasteiger partial charge in [-0.05, 0) is 31.2 Å². The highest BCUT2D eigenvalue weighted by molar-refractivity contribution is 8.27. The van der Waals surface area contributed by atoms with Gasteiger partial charge in [-0.25, -0.2) is 0 Å². The molecular weight excluding hydrogens is 342 g/mol. The Morgan fingerprint density at radius 3 is 2.67 bits per heavy atom. The lowest BCUT2D eigenvalue weighted by Gasteiger charge is -2.13. The second kappa shape index (κ2) is 7.07. The highest BCUT2D eigenvalue weighted by Crippen LogP contribution is 2.38. The summed E-state index contributed by atoms with van der Waals surface area (Å²) in [5, 5.41) is 10.3. The van der Waals surface area contributed by atoms with Crippen LogP contribution in [0.3, 0.4) is 0 Å². The number of nitrogens with zero attached hydrogens (tertiary/aromatic N) is 1. The molecule has 1 fully saturated rings. The van der Waals surface area contributed by atoms with Gasteiger partial charge in [-0.3, -0.25) is 9.69 Å². The number of para-hydroxylation sites is 2. The molecule has 0 aromatic heterocycles. The van der Waals surface area contributed by atoms with Crippen molar-refractivity contribution in [3.63, 3.8) is 0 Å². The molecule has 0 aliphatic carbocycles. The molecule has 1 amide bonds. The van der Waals surface area contributed by atoms with Crippen molar-refractivity contribution in [1.29, 1.82) is 0 Å². The molecule has 122 valence electrons. The Hall–Kier alpha value is -2.31. The number of thiocarbonyl (C=S) groups is 1. The molecule has 0 atom stereocenters. The number of hydrogen-bond acceptors (Lipinski definition) is 5. The molecule has 0 unspecified atom stereocenters. The lowest BCUT2D eigenvalue weighted by molar-refractivity contribution is -0.113. The van der Waals surface area contributed by atoms with Crippen LogP contribution in [-0.2, 0) is 4.79 Å². The van der Waals surface area contributed by atoms with E-state index in [0.29, 0.717) is 27.1 Å². The molecule has 0 spiro atoms. The molecule has 1 aliphatic rings. The quantitative estimate of drug-likeness (QED) is 0.657. The maximum Gasteiger partial charge on any atom is 0.270 e. The zero-order valence-electron chi connectivity index (χ0n) is 12.9. The van der Waals surface area contributed by atoms with E-state index >= 15 is 0 Å². The number of thioether (sulfide) groups is 1. The number of hydrogen-bond donors (Lipinski definition) is 1. The van der Waals surface area contributed by atoms with Gasteiger partial charge in [0.05, 0.1) is 17.2 Å². The first kappa shape index (κ1) is 16.5. The Morgan fingerprint density at radius 1 is 1.21 bits per heavy atom. The molecule has 2 aromatic carbocycles. The molecule has 6 heteroatoms. The second-order valence-corrected chi connectivity index (χ2v) is 6.66. The molecule has 1 aliphatic heterocycles. The highest BCUT2D eigenvalue weighted by atomic mass is 32.2. The van der Waals surface area contributed by atoms with Gasteiger partial charge < -0.3 is 9.84 Å². The molecule has 0 bridgehead atoms. The van der Waals surface area contributed by atoms with Gasteiger partial charge in [0.2, 0.25) is 0 Å². The van der Waals surface area contributed by atoms with Gasteiger partial charge in [0.15, 0.2) is 15.8 Å². The minimum absolute atomic E-state index is 0.0179. The largest absolute Gasteiger partial charge is 0.504 e. The third-order valence-electron chi connectivity index (χ3n) is 3.42. The Labute approximate surface area is 149 Å². The van der Waals surface area contributed by atoms with Crippen LogP contribution < -0.4 is 9.64 Å². The van der Waals surface area contributed by atoms with E-state index in [1.54, 1.807) is 24.3 Å². The van der Waals surface area contributed by atoms with Gasteiger partial charge in [0, 0.05) is 5.56 Å². The Bertz CT molecular complexity index is 818. The maximum absolute atomic E-state index is 12.7. The number of carbonyl (C=O) groups is 1. The lowest BCUT2D eigenvalue weighted by atomic mass is 10.1. The summed E-state index contributed by atoms with van der Waals surface area (Å²) in [6.07, 6.45) is 1.64. The molecule has 1 N–H and O–H groups in total. The van der Waals surface area contributed by atoms with Crippen LogP contribution in [0.5, 0.6) is 11.5 Å². The van der Waals surface area contributed by atoms with E-state index in [9.17, 15) is 9.90 Å². The standard InChI is InChI=1S/C18H15NO3S2/c1-2-22-14-10-6-7-12(16(14)20)11-15-17(21)19(18(23)24-15)13-8-4-3-5-9-13/h3-11,20H,2H2,1H3. The molecule has 1 saturated heterocycles. The van der Waals surface area contributed by atoms with Crippen LogP contribution in [-0.4, -0.2) is 21.9 Å². The number of ether oxygens (including phenoxy) is 1. The zero-order chi connectivity index (χ0) is 17.1. The number of benzene rings is 2. The summed E-state index contributed by atoms with van der Waals surface area (Å²) in [6.45, 7) is 2.30. The van der Waals surface area contributed by atoms with Crippen molar-refractivity contribution < 1.29 is 14.6 Å². The van der Waals surface area contributed by atoms with Crippen molar-refractivity contribution in [3.8, 4) is 11.5 Å². The van der Waals surface area contributed by atoms with E-state index in [0.717, 1.165) is 5.69 Å². The van der Waals surface area contributed by atoms with Crippen LogP contribution in [0.2, 0.25) is 0 Å². The zero-order valence-corrected chi connectivity index (χ0v) is 14.6. The van der Waals surface area contributed by atoms with Gasteiger partial charge in [0.25, 0.3) is 5.91 Å². The summed E-state index contributed by atoms with van der Waals surface area (Å²) in [4.78, 5) is 14.6. The minimum Gasteiger partial charge on any atom is -0.504 e. The van der Waals surface area contributed by atoms with Crippen LogP contribution in [0.25, 0.3) is 6.08 Å². The van der Waals surface area contributed by atoms with E-state index in [1.807, 2.05) is 37.3 Å². The monoisotopic (exact) mass is 357 g/mol. The van der Waals surface area contributed by atoms with Gasteiger partial charge >= 0.3 is 0 Å². The summed E-state index contributed by atoms with van der Waals surface area (Å²) in [5.41, 5.74) is 1.25. The Morgan fingerprint density at radius 2 is 1.96 bits per heavy atom. The van der Waals surface area contributed by atoms with E-state index in [1.165, 1.54) is 16.7 Å². The molecule has 2 aromatic rings. The predicted octanol–water partition coefficient (Wildman–Crippen LogP) is 4.20. The number of anilines is 1. The lowest BCUT2D eigenvalue weighted by Crippen LogP contribution is -2.27. The molecule has 0 saturated carbocycles. The van der Waals surface area contributed by atoms with Crippen molar-refractivity contribution >= 4 is 46.0 Å². The van der Waals surface area contributed by atoms with Gasteiger partial charge in [0.1, 0.15) is 0 Å². The number of phenols is 1. The van der Waals surface area contributed by atoms with Crippen molar-refractivity contribution in [3.05, 3.63) is 59.0 Å². The van der Waals surface area contributed by atoms with Gasteiger partial charge in [-0.2, -0.15) is 0 Å².